The first-order valence-corrected chi connectivity index (χ1v) is 6.33. The summed E-state index contributed by atoms with van der Waals surface area (Å²) in [6, 6.07) is 17.4. The molecule has 0 heterocycles. The summed E-state index contributed by atoms with van der Waals surface area (Å²) < 4.78 is 27.6. The third kappa shape index (κ3) is 2.30. The van der Waals surface area contributed by atoms with Crippen molar-refractivity contribution in [1.29, 1.82) is 5.26 Å². The van der Waals surface area contributed by atoms with Gasteiger partial charge in [0.1, 0.15) is 6.07 Å². The summed E-state index contributed by atoms with van der Waals surface area (Å²) in [6.07, 6.45) is 0. The minimum Gasteiger partial charge on any atom is -0.353 e. The van der Waals surface area contributed by atoms with Gasteiger partial charge < -0.3 is 5.32 Å². The first-order valence-electron chi connectivity index (χ1n) is 6.33. The maximum atomic E-state index is 13.9. The van der Waals surface area contributed by atoms with Crippen LogP contribution >= 0.6 is 0 Å². The van der Waals surface area contributed by atoms with Gasteiger partial charge >= 0.3 is 0 Å². The number of hydrogen-bond donors (Lipinski definition) is 1. The van der Waals surface area contributed by atoms with Crippen LogP contribution in [0.3, 0.4) is 0 Å². The van der Waals surface area contributed by atoms with Gasteiger partial charge in [0, 0.05) is 11.1 Å². The second-order valence-corrected chi connectivity index (χ2v) is 4.55. The van der Waals surface area contributed by atoms with Crippen LogP contribution in [0.4, 0.5) is 20.2 Å². The molecule has 0 amide bonds. The fourth-order valence-corrected chi connectivity index (χ4v) is 2.21. The Kier molecular flexibility index (Phi) is 3.25. The Morgan fingerprint density at radius 3 is 2.38 bits per heavy atom. The molecule has 0 unspecified atom stereocenters. The van der Waals surface area contributed by atoms with Crippen molar-refractivity contribution in [2.75, 3.05) is 5.32 Å². The molecule has 0 saturated carbocycles. The van der Waals surface area contributed by atoms with Gasteiger partial charge in [-0.1, -0.05) is 36.4 Å². The van der Waals surface area contributed by atoms with Crippen LogP contribution in [0.1, 0.15) is 5.56 Å². The van der Waals surface area contributed by atoms with Gasteiger partial charge in [-0.3, -0.25) is 0 Å². The van der Waals surface area contributed by atoms with E-state index < -0.39 is 11.6 Å². The summed E-state index contributed by atoms with van der Waals surface area (Å²) in [7, 11) is 0. The van der Waals surface area contributed by atoms with E-state index in [1.807, 2.05) is 36.4 Å². The summed E-state index contributed by atoms with van der Waals surface area (Å²) in [5.41, 5.74) is 0.370. The topological polar surface area (TPSA) is 35.8 Å². The number of rotatable bonds is 2. The molecule has 102 valence electrons. The summed E-state index contributed by atoms with van der Waals surface area (Å²) >= 11 is 0. The molecule has 0 radical (unpaired) electrons. The number of nitrogens with one attached hydrogen (secondary N) is 1. The molecule has 0 fully saturated rings. The van der Waals surface area contributed by atoms with Crippen LogP contribution in [0.2, 0.25) is 0 Å². The first-order chi connectivity index (χ1) is 10.2. The molecule has 21 heavy (non-hydrogen) atoms. The number of nitrogens with zero attached hydrogens (tertiary/aromatic N) is 1. The normalized spacial score (nSPS) is 10.3. The highest BCUT2D eigenvalue weighted by Crippen LogP contribution is 2.28. The summed E-state index contributed by atoms with van der Waals surface area (Å²) in [6.45, 7) is 0. The number of halogens is 2. The molecule has 3 rings (SSSR count). The molecule has 0 atom stereocenters. The third-order valence-corrected chi connectivity index (χ3v) is 3.26. The predicted octanol–water partition coefficient (Wildman–Crippen LogP) is 4.73. The van der Waals surface area contributed by atoms with E-state index in [1.165, 1.54) is 12.1 Å². The van der Waals surface area contributed by atoms with Gasteiger partial charge in [-0.15, -0.1) is 0 Å². The zero-order valence-corrected chi connectivity index (χ0v) is 10.9. The van der Waals surface area contributed by atoms with E-state index in [4.69, 9.17) is 5.26 Å². The molecule has 0 aliphatic heterocycles. The molecule has 0 aliphatic carbocycles. The smallest absolute Gasteiger partial charge is 0.183 e. The van der Waals surface area contributed by atoms with Crippen LogP contribution in [0, 0.1) is 23.0 Å². The lowest BCUT2D eigenvalue weighted by atomic mass is 10.1. The molecular formula is C17H10F2N2. The lowest BCUT2D eigenvalue weighted by molar-refractivity contribution is 0.509. The summed E-state index contributed by atoms with van der Waals surface area (Å²) in [5, 5.41) is 13.5. The maximum absolute atomic E-state index is 13.9. The lowest BCUT2D eigenvalue weighted by Gasteiger charge is -2.11. The van der Waals surface area contributed by atoms with E-state index in [-0.39, 0.29) is 11.3 Å². The fraction of sp³-hybridized carbons (Fsp3) is 0. The Morgan fingerprint density at radius 1 is 0.810 bits per heavy atom. The molecule has 0 aliphatic rings. The number of benzene rings is 3. The van der Waals surface area contributed by atoms with Crippen LogP contribution in [0.25, 0.3) is 10.8 Å². The van der Waals surface area contributed by atoms with Crippen LogP contribution in [-0.4, -0.2) is 0 Å². The molecule has 0 saturated heterocycles. The highest BCUT2D eigenvalue weighted by Gasteiger charge is 2.13. The standard InChI is InChI=1S/C17H10F2N2/c18-16-12(10-20)8-9-15(17(16)19)21-14-7-3-5-11-4-1-2-6-13(11)14/h1-9,21H. The van der Waals surface area contributed by atoms with Gasteiger partial charge in [-0.25, -0.2) is 8.78 Å². The number of anilines is 2. The molecule has 0 aromatic heterocycles. The van der Waals surface area contributed by atoms with Crippen molar-refractivity contribution in [1.82, 2.24) is 0 Å². The summed E-state index contributed by atoms with van der Waals surface area (Å²) in [5.74, 6) is -2.19. The monoisotopic (exact) mass is 280 g/mol. The zero-order chi connectivity index (χ0) is 14.8. The van der Waals surface area contributed by atoms with E-state index in [0.717, 1.165) is 10.8 Å². The molecule has 1 N–H and O–H groups in total. The highest BCUT2D eigenvalue weighted by molar-refractivity contribution is 5.95. The molecule has 3 aromatic carbocycles. The fourth-order valence-electron chi connectivity index (χ4n) is 2.21. The maximum Gasteiger partial charge on any atom is 0.183 e. The average Bonchev–Trinajstić information content (AvgIpc) is 2.52. The second-order valence-electron chi connectivity index (χ2n) is 4.55. The third-order valence-electron chi connectivity index (χ3n) is 3.26. The van der Waals surface area contributed by atoms with Crippen molar-refractivity contribution < 1.29 is 8.78 Å². The van der Waals surface area contributed by atoms with Crippen molar-refractivity contribution in [2.45, 2.75) is 0 Å². The largest absolute Gasteiger partial charge is 0.353 e. The highest BCUT2D eigenvalue weighted by atomic mass is 19.2. The van der Waals surface area contributed by atoms with Crippen LogP contribution in [0.15, 0.2) is 54.6 Å². The lowest BCUT2D eigenvalue weighted by Crippen LogP contribution is -1.99. The van der Waals surface area contributed by atoms with Gasteiger partial charge in [-0.2, -0.15) is 5.26 Å². The van der Waals surface area contributed by atoms with E-state index in [9.17, 15) is 8.78 Å². The van der Waals surface area contributed by atoms with E-state index in [0.29, 0.717) is 5.69 Å². The Balaban J connectivity index is 2.08. The van der Waals surface area contributed by atoms with E-state index >= 15 is 0 Å². The van der Waals surface area contributed by atoms with Crippen molar-refractivity contribution in [2.24, 2.45) is 0 Å². The molecule has 0 bridgehead atoms. The summed E-state index contributed by atoms with van der Waals surface area (Å²) in [4.78, 5) is 0. The van der Waals surface area contributed by atoms with Crippen molar-refractivity contribution in [3.63, 3.8) is 0 Å². The SMILES string of the molecule is N#Cc1ccc(Nc2cccc3ccccc23)c(F)c1F. The minimum absolute atomic E-state index is 0.00264. The minimum atomic E-state index is -1.14. The Bertz CT molecular complexity index is 861. The molecule has 2 nitrogen and oxygen atoms in total. The molecular weight excluding hydrogens is 270 g/mol. The number of hydrogen-bond acceptors (Lipinski definition) is 2. The number of nitriles is 1. The zero-order valence-electron chi connectivity index (χ0n) is 10.9. The first kappa shape index (κ1) is 13.1. The molecule has 0 spiro atoms. The Hall–Kier alpha value is -2.93. The van der Waals surface area contributed by atoms with E-state index in [1.54, 1.807) is 12.1 Å². The van der Waals surface area contributed by atoms with Gasteiger partial charge in [0.25, 0.3) is 0 Å². The van der Waals surface area contributed by atoms with Crippen LogP contribution in [-0.2, 0) is 0 Å². The van der Waals surface area contributed by atoms with Crippen LogP contribution in [0.5, 0.6) is 0 Å². The van der Waals surface area contributed by atoms with Crippen molar-refractivity contribution in [3.05, 3.63) is 71.8 Å². The Morgan fingerprint density at radius 2 is 1.57 bits per heavy atom. The molecule has 3 aromatic rings. The quantitative estimate of drug-likeness (QED) is 0.736. The van der Waals surface area contributed by atoms with Gasteiger partial charge in [-0.05, 0) is 23.6 Å². The van der Waals surface area contributed by atoms with E-state index in [2.05, 4.69) is 5.32 Å². The second kappa shape index (κ2) is 5.22. The van der Waals surface area contributed by atoms with Crippen LogP contribution < -0.4 is 5.32 Å². The Labute approximate surface area is 120 Å². The molecule has 4 heteroatoms. The van der Waals surface area contributed by atoms with Gasteiger partial charge in [0.05, 0.1) is 11.3 Å². The predicted molar refractivity (Wildman–Crippen MR) is 78.3 cm³/mol. The average molecular weight is 280 g/mol. The van der Waals surface area contributed by atoms with Gasteiger partial charge in [0.15, 0.2) is 11.6 Å². The van der Waals surface area contributed by atoms with Crippen molar-refractivity contribution in [3.8, 4) is 6.07 Å². The van der Waals surface area contributed by atoms with Crippen molar-refractivity contribution >= 4 is 22.1 Å². The number of fused-ring (bicyclic) bond motifs is 1. The van der Waals surface area contributed by atoms with Gasteiger partial charge in [0.2, 0.25) is 0 Å².